The Morgan fingerprint density at radius 3 is 2.69 bits per heavy atom. The molecular weight excluding hydrogens is 174 g/mol. The summed E-state index contributed by atoms with van der Waals surface area (Å²) >= 11 is 0. The van der Waals surface area contributed by atoms with Gasteiger partial charge in [0.2, 0.25) is 0 Å². The Balaban J connectivity index is 2.85. The standard InChI is InChI=1S/C8H11NO4/c1-4-5(2-3-13-4)7(10)6(9)8(11)12/h2-3,6-7,10H,9H2,1H3,(H,11,12). The first-order chi connectivity index (χ1) is 6.04. The molecule has 72 valence electrons. The summed E-state index contributed by atoms with van der Waals surface area (Å²) in [7, 11) is 0. The molecule has 13 heavy (non-hydrogen) atoms. The second-order valence-electron chi connectivity index (χ2n) is 2.74. The van der Waals surface area contributed by atoms with Gasteiger partial charge in [-0.2, -0.15) is 0 Å². The highest BCUT2D eigenvalue weighted by molar-refractivity contribution is 5.74. The van der Waals surface area contributed by atoms with E-state index < -0.39 is 18.1 Å². The van der Waals surface area contributed by atoms with E-state index in [2.05, 4.69) is 0 Å². The molecule has 1 rings (SSSR count). The number of carboxylic acid groups (broad SMARTS) is 1. The van der Waals surface area contributed by atoms with Crippen molar-refractivity contribution in [2.75, 3.05) is 0 Å². The van der Waals surface area contributed by atoms with Crippen LogP contribution >= 0.6 is 0 Å². The molecule has 5 heteroatoms. The van der Waals surface area contributed by atoms with Gasteiger partial charge in [0.05, 0.1) is 6.26 Å². The average molecular weight is 185 g/mol. The SMILES string of the molecule is Cc1occc1C(O)C(N)C(=O)O. The van der Waals surface area contributed by atoms with E-state index in [1.54, 1.807) is 6.92 Å². The van der Waals surface area contributed by atoms with Crippen molar-refractivity contribution in [2.45, 2.75) is 19.1 Å². The van der Waals surface area contributed by atoms with Crippen LogP contribution in [-0.4, -0.2) is 22.2 Å². The number of aliphatic hydroxyl groups excluding tert-OH is 1. The fraction of sp³-hybridized carbons (Fsp3) is 0.375. The monoisotopic (exact) mass is 185 g/mol. The summed E-state index contributed by atoms with van der Waals surface area (Å²) in [5.41, 5.74) is 5.64. The van der Waals surface area contributed by atoms with Gasteiger partial charge in [0.1, 0.15) is 17.9 Å². The molecule has 0 saturated carbocycles. The highest BCUT2D eigenvalue weighted by Gasteiger charge is 2.25. The lowest BCUT2D eigenvalue weighted by molar-refractivity contribution is -0.141. The van der Waals surface area contributed by atoms with Crippen molar-refractivity contribution in [1.29, 1.82) is 0 Å². The third-order valence-corrected chi connectivity index (χ3v) is 1.84. The number of rotatable bonds is 3. The van der Waals surface area contributed by atoms with Gasteiger partial charge in [-0.05, 0) is 13.0 Å². The van der Waals surface area contributed by atoms with E-state index in [1.165, 1.54) is 12.3 Å². The van der Waals surface area contributed by atoms with E-state index in [0.29, 0.717) is 11.3 Å². The summed E-state index contributed by atoms with van der Waals surface area (Å²) in [6, 6.07) is 0.180. The molecule has 0 radical (unpaired) electrons. The normalized spacial score (nSPS) is 15.3. The number of carbonyl (C=O) groups is 1. The van der Waals surface area contributed by atoms with E-state index >= 15 is 0 Å². The number of carboxylic acids is 1. The second-order valence-corrected chi connectivity index (χ2v) is 2.74. The van der Waals surface area contributed by atoms with Gasteiger partial charge in [-0.15, -0.1) is 0 Å². The highest BCUT2D eigenvalue weighted by atomic mass is 16.4. The summed E-state index contributed by atoms with van der Waals surface area (Å²) in [6.07, 6.45) is 0.152. The topological polar surface area (TPSA) is 96.7 Å². The van der Waals surface area contributed by atoms with Crippen LogP contribution in [-0.2, 0) is 4.79 Å². The van der Waals surface area contributed by atoms with Gasteiger partial charge < -0.3 is 20.4 Å². The van der Waals surface area contributed by atoms with Crippen LogP contribution in [0.4, 0.5) is 0 Å². The minimum atomic E-state index is -1.32. The van der Waals surface area contributed by atoms with Gasteiger partial charge >= 0.3 is 5.97 Å². The lowest BCUT2D eigenvalue weighted by Gasteiger charge is -2.13. The molecule has 1 aromatic rings. The van der Waals surface area contributed by atoms with E-state index in [1.807, 2.05) is 0 Å². The van der Waals surface area contributed by atoms with Crippen molar-refractivity contribution < 1.29 is 19.4 Å². The van der Waals surface area contributed by atoms with E-state index in [4.69, 9.17) is 15.3 Å². The van der Waals surface area contributed by atoms with E-state index in [0.717, 1.165) is 0 Å². The first kappa shape index (κ1) is 9.76. The van der Waals surface area contributed by atoms with Crippen molar-refractivity contribution in [3.05, 3.63) is 23.7 Å². The molecule has 4 N–H and O–H groups in total. The van der Waals surface area contributed by atoms with Crippen LogP contribution < -0.4 is 5.73 Å². The average Bonchev–Trinajstić information content (AvgIpc) is 2.48. The minimum Gasteiger partial charge on any atom is -0.480 e. The van der Waals surface area contributed by atoms with Crippen molar-refractivity contribution in [3.63, 3.8) is 0 Å². The van der Waals surface area contributed by atoms with Gasteiger partial charge in [-0.25, -0.2) is 0 Å². The van der Waals surface area contributed by atoms with Gasteiger partial charge in [-0.3, -0.25) is 4.79 Å². The van der Waals surface area contributed by atoms with Crippen LogP contribution in [0.5, 0.6) is 0 Å². The van der Waals surface area contributed by atoms with Crippen molar-refractivity contribution in [3.8, 4) is 0 Å². The zero-order valence-electron chi connectivity index (χ0n) is 7.10. The molecule has 2 atom stereocenters. The van der Waals surface area contributed by atoms with Gasteiger partial charge in [0.15, 0.2) is 0 Å². The molecule has 2 unspecified atom stereocenters. The smallest absolute Gasteiger partial charge is 0.323 e. The zero-order chi connectivity index (χ0) is 10.0. The molecular formula is C8H11NO4. The first-order valence-electron chi connectivity index (χ1n) is 3.74. The number of hydrogen-bond donors (Lipinski definition) is 3. The molecule has 0 bridgehead atoms. The zero-order valence-corrected chi connectivity index (χ0v) is 7.10. The van der Waals surface area contributed by atoms with Crippen molar-refractivity contribution >= 4 is 5.97 Å². The van der Waals surface area contributed by atoms with Gasteiger partial charge in [-0.1, -0.05) is 0 Å². The van der Waals surface area contributed by atoms with Crippen LogP contribution in [0.1, 0.15) is 17.4 Å². The Kier molecular flexibility index (Phi) is 2.69. The molecule has 1 heterocycles. The second kappa shape index (κ2) is 3.59. The third kappa shape index (κ3) is 1.88. The summed E-state index contributed by atoms with van der Waals surface area (Å²) in [5, 5.41) is 18.0. The van der Waals surface area contributed by atoms with Crippen LogP contribution in [0.3, 0.4) is 0 Å². The molecule has 0 spiro atoms. The Morgan fingerprint density at radius 1 is 1.69 bits per heavy atom. The van der Waals surface area contributed by atoms with E-state index in [-0.39, 0.29) is 0 Å². The summed E-state index contributed by atoms with van der Waals surface area (Å²) in [6.45, 7) is 1.63. The van der Waals surface area contributed by atoms with Gasteiger partial charge in [0, 0.05) is 5.56 Å². The molecule has 0 aliphatic carbocycles. The van der Waals surface area contributed by atoms with E-state index in [9.17, 15) is 9.90 Å². The lowest BCUT2D eigenvalue weighted by atomic mass is 10.0. The maximum Gasteiger partial charge on any atom is 0.323 e. The molecule has 0 aromatic carbocycles. The van der Waals surface area contributed by atoms with Crippen LogP contribution in [0.25, 0.3) is 0 Å². The first-order valence-corrected chi connectivity index (χ1v) is 3.74. The number of aryl methyl sites for hydroxylation is 1. The van der Waals surface area contributed by atoms with Crippen LogP contribution in [0.2, 0.25) is 0 Å². The Hall–Kier alpha value is -1.33. The van der Waals surface area contributed by atoms with Crippen molar-refractivity contribution in [1.82, 2.24) is 0 Å². The van der Waals surface area contributed by atoms with Crippen LogP contribution in [0.15, 0.2) is 16.7 Å². The maximum absolute atomic E-state index is 10.4. The number of furan rings is 1. The minimum absolute atomic E-state index is 0.412. The quantitative estimate of drug-likeness (QED) is 0.617. The third-order valence-electron chi connectivity index (χ3n) is 1.84. The fourth-order valence-electron chi connectivity index (χ4n) is 1.03. The largest absolute Gasteiger partial charge is 0.480 e. The molecule has 1 aromatic heterocycles. The van der Waals surface area contributed by atoms with Crippen molar-refractivity contribution in [2.24, 2.45) is 5.73 Å². The number of aliphatic hydroxyl groups is 1. The lowest BCUT2D eigenvalue weighted by Crippen LogP contribution is -2.36. The highest BCUT2D eigenvalue weighted by Crippen LogP contribution is 2.20. The maximum atomic E-state index is 10.4. The summed E-state index contributed by atoms with van der Waals surface area (Å²) in [5.74, 6) is -0.766. The fourth-order valence-corrected chi connectivity index (χ4v) is 1.03. The Morgan fingerprint density at radius 2 is 2.31 bits per heavy atom. The summed E-state index contributed by atoms with van der Waals surface area (Å²) < 4.78 is 4.91. The predicted octanol–water partition coefficient (Wildman–Crippen LogP) is 0.0333. The van der Waals surface area contributed by atoms with Gasteiger partial charge in [0.25, 0.3) is 0 Å². The van der Waals surface area contributed by atoms with Crippen LogP contribution in [0, 0.1) is 6.92 Å². The molecule has 0 aliphatic rings. The number of aliphatic carboxylic acids is 1. The number of hydrogen-bond acceptors (Lipinski definition) is 4. The molecule has 0 saturated heterocycles. The molecule has 0 aliphatic heterocycles. The summed E-state index contributed by atoms with van der Waals surface area (Å²) in [4.78, 5) is 10.4. The molecule has 0 amide bonds. The number of nitrogens with two attached hydrogens (primary N) is 1. The Bertz CT molecular complexity index is 307. The Labute approximate surface area is 74.8 Å². The predicted molar refractivity (Wildman–Crippen MR) is 44.0 cm³/mol. The molecule has 5 nitrogen and oxygen atoms in total. The molecule has 0 fully saturated rings.